The molecule has 0 spiro atoms. The second kappa shape index (κ2) is 50.1. The molecule has 5 aromatic heterocycles. The summed E-state index contributed by atoms with van der Waals surface area (Å²) >= 11 is 0. The minimum Gasteiger partial charge on any atom is -0.493 e. The molecule has 34 nitrogen and oxygen atoms in total. The van der Waals surface area contributed by atoms with Crippen LogP contribution in [0.2, 0.25) is 0 Å². The number of aliphatic hydroxyl groups is 4. The van der Waals surface area contributed by atoms with Crippen molar-refractivity contribution in [2.75, 3.05) is 208 Å². The van der Waals surface area contributed by atoms with Crippen LogP contribution in [0, 0.1) is 0 Å². The summed E-state index contributed by atoms with van der Waals surface area (Å²) in [6.07, 6.45) is -3.44. The van der Waals surface area contributed by atoms with Crippen LogP contribution >= 0.6 is 0 Å². The second-order valence-corrected chi connectivity index (χ2v) is 29.3. The minimum absolute atomic E-state index is 0.0148. The average Bonchev–Trinajstić information content (AvgIpc) is 1.62. The molecule has 0 aliphatic carbocycles. The smallest absolute Gasteiger partial charge is 0.434 e. The first-order valence-electron chi connectivity index (χ1n) is 41.1. The molecule has 3 aliphatic rings. The summed E-state index contributed by atoms with van der Waals surface area (Å²) in [6.45, 7) is 6.88. The number of nitrogens with zero attached hydrogens (tertiary/aromatic N) is 8. The van der Waals surface area contributed by atoms with Crippen molar-refractivity contribution in [3.63, 3.8) is 0 Å². The Hall–Kier alpha value is -9.41. The molecule has 3 amide bonds. The molecule has 3 saturated heterocycles. The van der Waals surface area contributed by atoms with Crippen molar-refractivity contribution in [1.82, 2.24) is 60.6 Å². The molecule has 0 bridgehead atoms. The number of anilines is 2. The van der Waals surface area contributed by atoms with Crippen LogP contribution in [0.1, 0.15) is 35.4 Å². The fourth-order valence-corrected chi connectivity index (χ4v) is 13.6. The maximum Gasteiger partial charge on any atom is 0.434 e. The predicted octanol–water partition coefficient (Wildman–Crippen LogP) is 4.67. The summed E-state index contributed by atoms with van der Waals surface area (Å²) in [7, 11) is 0. The van der Waals surface area contributed by atoms with Gasteiger partial charge in [0.2, 0.25) is 17.7 Å². The highest BCUT2D eigenvalue weighted by molar-refractivity contribution is 5.97. The van der Waals surface area contributed by atoms with Gasteiger partial charge in [0, 0.05) is 123 Å². The maximum absolute atomic E-state index is 13.9. The Labute approximate surface area is 712 Å². The number of piperazine rings is 1. The van der Waals surface area contributed by atoms with E-state index in [2.05, 4.69) is 127 Å². The molecule has 8 aromatic rings. The van der Waals surface area contributed by atoms with E-state index in [0.29, 0.717) is 58.1 Å². The molecule has 0 saturated carbocycles. The van der Waals surface area contributed by atoms with Crippen LogP contribution < -0.4 is 31.3 Å². The molecule has 0 radical (unpaired) electrons. The molecule has 3 aromatic carbocycles. The first-order chi connectivity index (χ1) is 60.2. The van der Waals surface area contributed by atoms with Crippen molar-refractivity contribution < 1.29 is 123 Å². The van der Waals surface area contributed by atoms with Crippen molar-refractivity contribution in [2.24, 2.45) is 0 Å². The van der Waals surface area contributed by atoms with Crippen molar-refractivity contribution in [3.05, 3.63) is 151 Å². The number of carbonyl (C=O) groups excluding carboxylic acids is 3. The van der Waals surface area contributed by atoms with Gasteiger partial charge in [-0.2, -0.15) is 26.3 Å². The van der Waals surface area contributed by atoms with E-state index in [4.69, 9.17) is 61.6 Å². The van der Waals surface area contributed by atoms with E-state index in [-0.39, 0.29) is 207 Å². The van der Waals surface area contributed by atoms with E-state index in [0.717, 1.165) is 73.2 Å². The number of aromatic nitrogens is 7. The van der Waals surface area contributed by atoms with Crippen LogP contribution in [-0.4, -0.2) is 335 Å². The van der Waals surface area contributed by atoms with Crippen LogP contribution in [0.15, 0.2) is 129 Å². The summed E-state index contributed by atoms with van der Waals surface area (Å²) < 4.78 is 153. The first kappa shape index (κ1) is 95.2. The fraction of sp³-hybridized carbons (Fsp3) is 0.536. The lowest BCUT2D eigenvalue weighted by molar-refractivity contribution is -0.161. The average molecular weight is 1750 g/mol. The number of benzene rings is 3. The van der Waals surface area contributed by atoms with Crippen LogP contribution in [0.3, 0.4) is 0 Å². The molecule has 0 unspecified atom stereocenters. The van der Waals surface area contributed by atoms with Crippen LogP contribution in [-0.2, 0) is 96.5 Å². The molecular formula is C84H108F6N14O20. The Morgan fingerprint density at radius 2 is 1.02 bits per heavy atom. The molecule has 676 valence electrons. The van der Waals surface area contributed by atoms with Gasteiger partial charge < -0.3 is 118 Å². The van der Waals surface area contributed by atoms with Crippen molar-refractivity contribution >= 4 is 51.0 Å². The number of aromatic amines is 1. The van der Waals surface area contributed by atoms with Gasteiger partial charge in [-0.1, -0.05) is 54.6 Å². The molecule has 10 N–H and O–H groups in total. The summed E-state index contributed by atoms with van der Waals surface area (Å²) in [4.78, 5) is 69.8. The van der Waals surface area contributed by atoms with Gasteiger partial charge in [0.15, 0.2) is 11.4 Å². The Bertz CT molecular complexity index is 4390. The molecule has 11 rings (SSSR count). The summed E-state index contributed by atoms with van der Waals surface area (Å²) in [5, 5.41) is 59.7. The van der Waals surface area contributed by atoms with Gasteiger partial charge in [-0.15, -0.1) is 0 Å². The number of aliphatic hydroxyl groups excluding tert-OH is 4. The van der Waals surface area contributed by atoms with Crippen LogP contribution in [0.4, 0.5) is 38.0 Å². The highest BCUT2D eigenvalue weighted by atomic mass is 19.4. The minimum atomic E-state index is -4.71. The molecular weight excluding hydrogens is 1640 g/mol. The lowest BCUT2D eigenvalue weighted by atomic mass is 9.98. The monoisotopic (exact) mass is 1750 g/mol. The molecule has 3 fully saturated rings. The van der Waals surface area contributed by atoms with Crippen LogP contribution in [0.5, 0.6) is 5.75 Å². The second-order valence-electron chi connectivity index (χ2n) is 29.3. The van der Waals surface area contributed by atoms with E-state index in [1.807, 2.05) is 35.6 Å². The summed E-state index contributed by atoms with van der Waals surface area (Å²) in [5.74, 6) is -0.346. The van der Waals surface area contributed by atoms with E-state index in [9.17, 15) is 61.2 Å². The number of amides is 3. The number of fused-ring (bicyclic) bond motifs is 2. The Morgan fingerprint density at radius 1 is 0.508 bits per heavy atom. The Morgan fingerprint density at radius 3 is 1.56 bits per heavy atom. The third-order valence-electron chi connectivity index (χ3n) is 20.4. The van der Waals surface area contributed by atoms with Gasteiger partial charge in [-0.3, -0.25) is 39.2 Å². The first-order valence-corrected chi connectivity index (χ1v) is 41.1. The van der Waals surface area contributed by atoms with Gasteiger partial charge in [-0.05, 0) is 45.8 Å². The number of pyridine rings is 2. The number of ether oxygens (including phenoxy) is 13. The number of H-pyrrole nitrogens is 1. The van der Waals surface area contributed by atoms with Gasteiger partial charge in [0.05, 0.1) is 201 Å². The standard InChI is InChI=1S/C84H108F6N14O20/c85-83(86,87)72-44-93-46-74(101-72)99-67-52-123-70(81(110)79(67)108)54-120-38-36-116-34-32-114-30-28-112-26-17-95-76(105)13-23-118-50-60(51-119-24-14-77(106)96-18-27-113-29-31-115-33-35-117-37-39-121-55-71-82(111)80(109)68(53-124-71)100-75-47-94-45-73(102-75)84(88,89)90)97-48-78(107)104-21-19-103(20-22-104)49-57-6-9-62(64-43-98-66-11-16-92-42-65(64)66)69(40-57)122-25-12-56-4-7-59(8-5-56)61-3-1-2-58-10-15-91-41-63(58)61/h1-11,15-16,40-47,60,67-68,70-71,79-82,97-98,108-111H,12-14,17-39,48-55H2,(H,95,105)(H,96,106)(H,99,101)(H,100,102)/t67-,68-,70+,71+,79+,80+,81-,82-/m0/s1. The van der Waals surface area contributed by atoms with E-state index >= 15 is 0 Å². The van der Waals surface area contributed by atoms with Crippen molar-refractivity contribution in [3.8, 4) is 28.0 Å². The zero-order valence-corrected chi connectivity index (χ0v) is 68.5. The van der Waals surface area contributed by atoms with Gasteiger partial charge >= 0.3 is 12.4 Å². The highest BCUT2D eigenvalue weighted by Crippen LogP contribution is 2.37. The summed E-state index contributed by atoms with van der Waals surface area (Å²) in [6, 6.07) is 22.8. The fourth-order valence-electron chi connectivity index (χ4n) is 13.6. The van der Waals surface area contributed by atoms with E-state index in [1.165, 1.54) is 0 Å². The van der Waals surface area contributed by atoms with Gasteiger partial charge in [0.25, 0.3) is 0 Å². The van der Waals surface area contributed by atoms with E-state index in [1.54, 1.807) is 12.4 Å². The van der Waals surface area contributed by atoms with Crippen LogP contribution in [0.25, 0.3) is 43.9 Å². The molecule has 8 heterocycles. The number of carbonyl (C=O) groups is 3. The van der Waals surface area contributed by atoms with Gasteiger partial charge in [-0.25, -0.2) is 9.97 Å². The summed E-state index contributed by atoms with van der Waals surface area (Å²) in [5.41, 5.74) is 4.93. The maximum atomic E-state index is 13.9. The van der Waals surface area contributed by atoms with E-state index < -0.39 is 78.5 Å². The third-order valence-corrected chi connectivity index (χ3v) is 20.4. The molecule has 3 aliphatic heterocycles. The zero-order valence-electron chi connectivity index (χ0n) is 68.5. The Balaban J connectivity index is 0.549. The zero-order chi connectivity index (χ0) is 87.3. The topological polar surface area (TPSA) is 412 Å². The van der Waals surface area contributed by atoms with Crippen molar-refractivity contribution in [2.45, 2.75) is 92.9 Å². The lowest BCUT2D eigenvalue weighted by Crippen LogP contribution is -2.57. The van der Waals surface area contributed by atoms with Crippen molar-refractivity contribution in [1.29, 1.82) is 0 Å². The molecule has 124 heavy (non-hydrogen) atoms. The number of nitrogens with one attached hydrogen (secondary N) is 6. The van der Waals surface area contributed by atoms with Gasteiger partial charge in [0.1, 0.15) is 54.0 Å². The third kappa shape index (κ3) is 30.7. The largest absolute Gasteiger partial charge is 0.493 e. The molecule has 40 heteroatoms. The number of hydrogen-bond acceptors (Lipinski definition) is 30. The quantitative estimate of drug-likeness (QED) is 0.0183. The lowest BCUT2D eigenvalue weighted by Gasteiger charge is -2.38. The number of rotatable bonds is 53. The normalized spacial score (nSPS) is 19.0. The number of halogens is 6. The Kier molecular flexibility index (Phi) is 38.5. The predicted molar refractivity (Wildman–Crippen MR) is 437 cm³/mol. The number of alkyl halides is 6. The highest BCUT2D eigenvalue weighted by Gasteiger charge is 2.42. The number of hydrogen-bond donors (Lipinski definition) is 10. The molecule has 8 atom stereocenters. The SMILES string of the molecule is O=C(CCOCC(COCCC(=O)NCCOCCOCCOCCOC[C@H]1OC[C@H](Nc2cncc(C(F)(F)F)n2)[C@@H](O)[C@H]1O)NCC(=O)N1CCN(Cc2ccc(-c3c[nH]c4ccncc34)c(OCCc3ccc(-c4cccc5ccncc45)cc3)c2)CC1)NCCOCCOCCOCCOC[C@H]1OC[C@H](Nc2cncc(C(F)(F)F)n2)[C@@H](O)[C@H]1O.